The molecule has 0 aromatic heterocycles. The van der Waals surface area contributed by atoms with Crippen molar-refractivity contribution in [3.8, 4) is 5.75 Å². The summed E-state index contributed by atoms with van der Waals surface area (Å²) in [5.41, 5.74) is 1.79. The maximum Gasteiger partial charge on any atom is 0.326 e. The number of benzene rings is 2. The van der Waals surface area contributed by atoms with Gasteiger partial charge in [0, 0.05) is 11.6 Å². The lowest BCUT2D eigenvalue weighted by Gasteiger charge is -2.29. The first-order chi connectivity index (χ1) is 11.0. The Morgan fingerprint density at radius 3 is 2.13 bits per heavy atom. The zero-order valence-electron chi connectivity index (χ0n) is 13.7. The van der Waals surface area contributed by atoms with E-state index in [1.807, 2.05) is 68.4 Å². The van der Waals surface area contributed by atoms with Crippen LogP contribution in [0.1, 0.15) is 25.3 Å². The van der Waals surface area contributed by atoms with E-state index in [1.54, 1.807) is 7.11 Å². The van der Waals surface area contributed by atoms with E-state index in [-0.39, 0.29) is 11.8 Å². The zero-order valence-corrected chi connectivity index (χ0v) is 13.7. The molecule has 0 aliphatic heterocycles. The molecule has 4 heteroatoms. The van der Waals surface area contributed by atoms with Crippen LogP contribution in [-0.2, 0) is 4.79 Å². The van der Waals surface area contributed by atoms with Crippen molar-refractivity contribution >= 4 is 11.7 Å². The van der Waals surface area contributed by atoms with Gasteiger partial charge in [-0.15, -0.1) is 0 Å². The van der Waals surface area contributed by atoms with Crippen molar-refractivity contribution in [2.24, 2.45) is 5.92 Å². The van der Waals surface area contributed by atoms with Gasteiger partial charge in [0.25, 0.3) is 0 Å². The highest BCUT2D eigenvalue weighted by Gasteiger charge is 2.31. The monoisotopic (exact) mass is 313 g/mol. The second-order valence-corrected chi connectivity index (χ2v) is 5.87. The van der Waals surface area contributed by atoms with Crippen molar-refractivity contribution in [2.45, 2.75) is 25.8 Å². The summed E-state index contributed by atoms with van der Waals surface area (Å²) in [6, 6.07) is 16.4. The minimum Gasteiger partial charge on any atom is -0.497 e. The summed E-state index contributed by atoms with van der Waals surface area (Å²) >= 11 is 0. The summed E-state index contributed by atoms with van der Waals surface area (Å²) in [7, 11) is 1.60. The Hall–Kier alpha value is -2.49. The molecule has 0 aliphatic carbocycles. The SMILES string of the molecule is COc1ccc(NC(C(=O)O)C(c2ccccc2)C(C)C)cc1. The van der Waals surface area contributed by atoms with E-state index in [0.717, 1.165) is 17.0 Å². The van der Waals surface area contributed by atoms with Gasteiger partial charge in [0.2, 0.25) is 0 Å². The molecular formula is C19H23NO3. The van der Waals surface area contributed by atoms with Crippen LogP contribution in [0, 0.1) is 5.92 Å². The lowest BCUT2D eigenvalue weighted by molar-refractivity contribution is -0.138. The van der Waals surface area contributed by atoms with Crippen molar-refractivity contribution in [2.75, 3.05) is 12.4 Å². The molecule has 2 unspecified atom stereocenters. The lowest BCUT2D eigenvalue weighted by Crippen LogP contribution is -2.38. The number of rotatable bonds is 7. The third-order valence-electron chi connectivity index (χ3n) is 3.94. The fraction of sp³-hybridized carbons (Fsp3) is 0.316. The van der Waals surface area contributed by atoms with Gasteiger partial charge in [-0.2, -0.15) is 0 Å². The van der Waals surface area contributed by atoms with Gasteiger partial charge in [-0.3, -0.25) is 0 Å². The molecule has 23 heavy (non-hydrogen) atoms. The van der Waals surface area contributed by atoms with Crippen molar-refractivity contribution in [1.82, 2.24) is 0 Å². The summed E-state index contributed by atoms with van der Waals surface area (Å²) in [5, 5.41) is 12.9. The Morgan fingerprint density at radius 1 is 1.04 bits per heavy atom. The number of carbonyl (C=O) groups is 1. The largest absolute Gasteiger partial charge is 0.497 e. The number of ether oxygens (including phenoxy) is 1. The molecule has 122 valence electrons. The van der Waals surface area contributed by atoms with E-state index in [4.69, 9.17) is 4.74 Å². The summed E-state index contributed by atoms with van der Waals surface area (Å²) in [4.78, 5) is 11.9. The van der Waals surface area contributed by atoms with E-state index in [0.29, 0.717) is 0 Å². The van der Waals surface area contributed by atoms with Gasteiger partial charge in [-0.1, -0.05) is 44.2 Å². The van der Waals surface area contributed by atoms with E-state index in [9.17, 15) is 9.90 Å². The van der Waals surface area contributed by atoms with Gasteiger partial charge >= 0.3 is 5.97 Å². The minimum atomic E-state index is -0.858. The molecule has 0 radical (unpaired) electrons. The molecule has 4 nitrogen and oxygen atoms in total. The van der Waals surface area contributed by atoms with Crippen molar-refractivity contribution < 1.29 is 14.6 Å². The molecule has 0 spiro atoms. The highest BCUT2D eigenvalue weighted by Crippen LogP contribution is 2.30. The van der Waals surface area contributed by atoms with Crippen LogP contribution in [0.25, 0.3) is 0 Å². The Kier molecular flexibility index (Phi) is 5.63. The molecule has 0 saturated carbocycles. The van der Waals surface area contributed by atoms with Gasteiger partial charge < -0.3 is 15.2 Å². The molecule has 0 heterocycles. The molecule has 2 rings (SSSR count). The average Bonchev–Trinajstić information content (AvgIpc) is 2.55. The predicted molar refractivity (Wildman–Crippen MR) is 92.1 cm³/mol. The van der Waals surface area contributed by atoms with Crippen LogP contribution in [0.2, 0.25) is 0 Å². The number of methoxy groups -OCH3 is 1. The number of hydrogen-bond donors (Lipinski definition) is 2. The summed E-state index contributed by atoms with van der Waals surface area (Å²) in [6.45, 7) is 4.09. The van der Waals surface area contributed by atoms with E-state index < -0.39 is 12.0 Å². The molecule has 2 atom stereocenters. The van der Waals surface area contributed by atoms with Gasteiger partial charge in [0.15, 0.2) is 0 Å². The Balaban J connectivity index is 2.29. The quantitative estimate of drug-likeness (QED) is 0.811. The zero-order chi connectivity index (χ0) is 16.8. The maximum absolute atomic E-state index is 11.9. The lowest BCUT2D eigenvalue weighted by atomic mass is 9.82. The molecule has 0 bridgehead atoms. The molecule has 2 aromatic rings. The standard InChI is InChI=1S/C19H23NO3/c1-13(2)17(14-7-5-4-6-8-14)18(19(21)22)20-15-9-11-16(23-3)12-10-15/h4-13,17-18,20H,1-3H3,(H,21,22). The van der Waals surface area contributed by atoms with Crippen molar-refractivity contribution in [1.29, 1.82) is 0 Å². The predicted octanol–water partition coefficient (Wildman–Crippen LogP) is 4.00. The van der Waals surface area contributed by atoms with Crippen LogP contribution in [0.5, 0.6) is 5.75 Å². The molecule has 2 aromatic carbocycles. The second-order valence-electron chi connectivity index (χ2n) is 5.87. The normalized spacial score (nSPS) is 13.4. The van der Waals surface area contributed by atoms with E-state index in [1.165, 1.54) is 0 Å². The summed E-state index contributed by atoms with van der Waals surface area (Å²) in [5.74, 6) is -0.0608. The first-order valence-electron chi connectivity index (χ1n) is 7.71. The van der Waals surface area contributed by atoms with Crippen LogP contribution >= 0.6 is 0 Å². The summed E-state index contributed by atoms with van der Waals surface area (Å²) < 4.78 is 5.13. The van der Waals surface area contributed by atoms with Crippen molar-refractivity contribution in [3.63, 3.8) is 0 Å². The Labute approximate surface area is 137 Å². The average molecular weight is 313 g/mol. The van der Waals surface area contributed by atoms with E-state index >= 15 is 0 Å². The summed E-state index contributed by atoms with van der Waals surface area (Å²) in [6.07, 6.45) is 0. The highest BCUT2D eigenvalue weighted by atomic mass is 16.5. The van der Waals surface area contributed by atoms with Crippen LogP contribution in [0.3, 0.4) is 0 Å². The van der Waals surface area contributed by atoms with Gasteiger partial charge in [0.1, 0.15) is 11.8 Å². The van der Waals surface area contributed by atoms with Crippen LogP contribution in [0.4, 0.5) is 5.69 Å². The Bertz CT molecular complexity index is 623. The topological polar surface area (TPSA) is 58.6 Å². The fourth-order valence-electron chi connectivity index (χ4n) is 2.81. The number of hydrogen-bond acceptors (Lipinski definition) is 3. The maximum atomic E-state index is 11.9. The third kappa shape index (κ3) is 4.25. The smallest absolute Gasteiger partial charge is 0.326 e. The Morgan fingerprint density at radius 2 is 1.65 bits per heavy atom. The number of aliphatic carboxylic acids is 1. The first-order valence-corrected chi connectivity index (χ1v) is 7.71. The van der Waals surface area contributed by atoms with Crippen LogP contribution < -0.4 is 10.1 Å². The van der Waals surface area contributed by atoms with Crippen molar-refractivity contribution in [3.05, 3.63) is 60.2 Å². The first kappa shape index (κ1) is 16.9. The number of carboxylic acid groups (broad SMARTS) is 1. The van der Waals surface area contributed by atoms with E-state index in [2.05, 4.69) is 5.32 Å². The fourth-order valence-corrected chi connectivity index (χ4v) is 2.81. The molecule has 0 amide bonds. The van der Waals surface area contributed by atoms with Crippen LogP contribution in [0.15, 0.2) is 54.6 Å². The number of nitrogens with one attached hydrogen (secondary N) is 1. The highest BCUT2D eigenvalue weighted by molar-refractivity contribution is 5.79. The minimum absolute atomic E-state index is 0.129. The van der Waals surface area contributed by atoms with Gasteiger partial charge in [0.05, 0.1) is 7.11 Å². The van der Waals surface area contributed by atoms with Crippen LogP contribution in [-0.4, -0.2) is 24.2 Å². The molecular weight excluding hydrogens is 290 g/mol. The molecule has 2 N–H and O–H groups in total. The molecule has 0 aliphatic rings. The van der Waals surface area contributed by atoms with Gasteiger partial charge in [-0.25, -0.2) is 4.79 Å². The van der Waals surface area contributed by atoms with Gasteiger partial charge in [-0.05, 0) is 35.7 Å². The molecule has 0 saturated heterocycles. The number of carboxylic acids is 1. The number of anilines is 1. The third-order valence-corrected chi connectivity index (χ3v) is 3.94. The molecule has 0 fully saturated rings. The second kappa shape index (κ2) is 7.68.